The third-order valence-electron chi connectivity index (χ3n) is 2.78. The average Bonchev–Trinajstić information content (AvgIpc) is 2.89. The Morgan fingerprint density at radius 1 is 1.35 bits per heavy atom. The molecule has 0 spiro atoms. The number of ether oxygens (including phenoxy) is 1. The summed E-state index contributed by atoms with van der Waals surface area (Å²) < 4.78 is 7.85. The van der Waals surface area contributed by atoms with Gasteiger partial charge in [0.1, 0.15) is 5.69 Å². The fraction of sp³-hybridized carbons (Fsp3) is 0.167. The lowest BCUT2D eigenvalue weighted by molar-refractivity contribution is 0.110. The average molecular weight is 293 g/mol. The van der Waals surface area contributed by atoms with Crippen LogP contribution in [0.15, 0.2) is 28.7 Å². The second kappa shape index (κ2) is 4.09. The number of rotatable bonds is 2. The van der Waals surface area contributed by atoms with Crippen LogP contribution >= 0.6 is 15.9 Å². The third kappa shape index (κ3) is 1.62. The molecule has 0 unspecified atom stereocenters. The maximum atomic E-state index is 11.2. The minimum absolute atomic E-state index is 0.466. The maximum Gasteiger partial charge on any atom is 0.168 e. The number of nitrogens with zero attached hydrogens (tertiary/aromatic N) is 2. The lowest BCUT2D eigenvalue weighted by Crippen LogP contribution is -2.04. The Morgan fingerprint density at radius 2 is 2.18 bits per heavy atom. The van der Waals surface area contributed by atoms with Gasteiger partial charge < -0.3 is 4.74 Å². The highest BCUT2D eigenvalue weighted by molar-refractivity contribution is 9.10. The second-order valence-corrected chi connectivity index (χ2v) is 4.64. The molecule has 17 heavy (non-hydrogen) atoms. The number of carbonyl (C=O) groups is 1. The van der Waals surface area contributed by atoms with E-state index in [0.29, 0.717) is 18.9 Å². The quantitative estimate of drug-likeness (QED) is 0.799. The van der Waals surface area contributed by atoms with Crippen molar-refractivity contribution < 1.29 is 9.53 Å². The number of hydrogen-bond donors (Lipinski definition) is 0. The van der Waals surface area contributed by atoms with Gasteiger partial charge in [0.25, 0.3) is 0 Å². The number of benzene rings is 1. The van der Waals surface area contributed by atoms with Gasteiger partial charge in [-0.15, -0.1) is 0 Å². The summed E-state index contributed by atoms with van der Waals surface area (Å²) >= 11 is 3.46. The Hall–Kier alpha value is -1.46. The molecule has 0 N–H and O–H groups in total. The molecule has 5 heteroatoms. The third-order valence-corrected chi connectivity index (χ3v) is 3.45. The Morgan fingerprint density at radius 3 is 2.94 bits per heavy atom. The van der Waals surface area contributed by atoms with Crippen molar-refractivity contribution in [3.05, 3.63) is 45.7 Å². The fourth-order valence-electron chi connectivity index (χ4n) is 1.96. The summed E-state index contributed by atoms with van der Waals surface area (Å²) in [6, 6.07) is 7.68. The van der Waals surface area contributed by atoms with Gasteiger partial charge >= 0.3 is 0 Å². The van der Waals surface area contributed by atoms with Gasteiger partial charge in [-0.25, -0.2) is 4.68 Å². The lowest BCUT2D eigenvalue weighted by Gasteiger charge is -2.06. The summed E-state index contributed by atoms with van der Waals surface area (Å²) in [5.41, 5.74) is 3.19. The molecule has 1 aliphatic heterocycles. The van der Waals surface area contributed by atoms with E-state index in [2.05, 4.69) is 21.0 Å². The molecule has 0 amide bonds. The number of para-hydroxylation sites is 1. The molecule has 1 aliphatic rings. The molecule has 0 radical (unpaired) electrons. The van der Waals surface area contributed by atoms with Crippen LogP contribution in [-0.2, 0) is 18.0 Å². The number of aromatic nitrogens is 2. The number of carbonyl (C=O) groups excluding carboxylic acids is 1. The van der Waals surface area contributed by atoms with E-state index in [1.165, 1.54) is 0 Å². The topological polar surface area (TPSA) is 44.1 Å². The lowest BCUT2D eigenvalue weighted by atomic mass is 10.2. The molecule has 0 atom stereocenters. The molecule has 2 heterocycles. The molecule has 1 aromatic carbocycles. The molecular formula is C12H9BrN2O2. The van der Waals surface area contributed by atoms with E-state index in [9.17, 15) is 4.79 Å². The van der Waals surface area contributed by atoms with E-state index >= 15 is 0 Å². The summed E-state index contributed by atoms with van der Waals surface area (Å²) in [6.07, 6.45) is 0.833. The van der Waals surface area contributed by atoms with Crippen molar-refractivity contribution in [2.24, 2.45) is 0 Å². The highest BCUT2D eigenvalue weighted by Gasteiger charge is 2.23. The van der Waals surface area contributed by atoms with Gasteiger partial charge in [0.05, 0.1) is 24.6 Å². The van der Waals surface area contributed by atoms with Crippen LogP contribution in [0.25, 0.3) is 5.69 Å². The van der Waals surface area contributed by atoms with Crippen LogP contribution in [0.5, 0.6) is 0 Å². The zero-order valence-corrected chi connectivity index (χ0v) is 10.5. The summed E-state index contributed by atoms with van der Waals surface area (Å²) in [4.78, 5) is 11.2. The summed E-state index contributed by atoms with van der Waals surface area (Å²) in [5, 5.41) is 4.42. The predicted molar refractivity (Wildman–Crippen MR) is 65.1 cm³/mol. The van der Waals surface area contributed by atoms with Crippen LogP contribution in [0.1, 0.15) is 21.7 Å². The monoisotopic (exact) mass is 292 g/mol. The molecule has 0 aliphatic carbocycles. The van der Waals surface area contributed by atoms with Crippen LogP contribution in [0.3, 0.4) is 0 Å². The standard InChI is InChI=1S/C12H9BrN2O2/c13-9-3-1-2-4-11(9)15-12(5-16)8-6-17-7-10(8)14-15/h1-5H,6-7H2. The molecule has 1 aromatic heterocycles. The van der Waals surface area contributed by atoms with Crippen LogP contribution in [0.2, 0.25) is 0 Å². The van der Waals surface area contributed by atoms with Crippen molar-refractivity contribution in [3.63, 3.8) is 0 Å². The smallest absolute Gasteiger partial charge is 0.168 e. The van der Waals surface area contributed by atoms with Crippen molar-refractivity contribution in [2.75, 3.05) is 0 Å². The van der Waals surface area contributed by atoms with Crippen molar-refractivity contribution in [1.82, 2.24) is 9.78 Å². The van der Waals surface area contributed by atoms with E-state index in [-0.39, 0.29) is 0 Å². The van der Waals surface area contributed by atoms with E-state index in [0.717, 1.165) is 27.7 Å². The molecule has 2 aromatic rings. The zero-order chi connectivity index (χ0) is 11.8. The van der Waals surface area contributed by atoms with Crippen molar-refractivity contribution >= 4 is 22.2 Å². The molecule has 0 saturated heterocycles. The molecule has 3 rings (SSSR count). The fourth-order valence-corrected chi connectivity index (χ4v) is 2.41. The Labute approximate surface area is 106 Å². The van der Waals surface area contributed by atoms with Gasteiger partial charge in [-0.1, -0.05) is 12.1 Å². The van der Waals surface area contributed by atoms with E-state index in [1.807, 2.05) is 24.3 Å². The van der Waals surface area contributed by atoms with Gasteiger partial charge in [-0.05, 0) is 28.1 Å². The Balaban J connectivity index is 2.22. The van der Waals surface area contributed by atoms with Crippen molar-refractivity contribution in [1.29, 1.82) is 0 Å². The van der Waals surface area contributed by atoms with Crippen LogP contribution in [-0.4, -0.2) is 16.1 Å². The first-order chi connectivity index (χ1) is 8.31. The first-order valence-corrected chi connectivity index (χ1v) is 5.99. The van der Waals surface area contributed by atoms with E-state index in [4.69, 9.17) is 4.74 Å². The first kappa shape index (κ1) is 10.7. The minimum atomic E-state index is 0.466. The van der Waals surface area contributed by atoms with Crippen LogP contribution in [0.4, 0.5) is 0 Å². The predicted octanol–water partition coefficient (Wildman–Crippen LogP) is 2.48. The summed E-state index contributed by atoms with van der Waals surface area (Å²) in [5.74, 6) is 0. The Bertz CT molecular complexity index is 592. The highest BCUT2D eigenvalue weighted by atomic mass is 79.9. The largest absolute Gasteiger partial charge is 0.370 e. The minimum Gasteiger partial charge on any atom is -0.370 e. The Kier molecular flexibility index (Phi) is 2.57. The van der Waals surface area contributed by atoms with Crippen molar-refractivity contribution in [2.45, 2.75) is 13.2 Å². The normalized spacial score (nSPS) is 13.7. The van der Waals surface area contributed by atoms with Crippen molar-refractivity contribution in [3.8, 4) is 5.69 Å². The van der Waals surface area contributed by atoms with Gasteiger partial charge in [0.15, 0.2) is 6.29 Å². The summed E-state index contributed by atoms with van der Waals surface area (Å²) in [6.45, 7) is 0.946. The highest BCUT2D eigenvalue weighted by Crippen LogP contribution is 2.27. The SMILES string of the molecule is O=Cc1c2c(nn1-c1ccccc1Br)COC2. The molecule has 86 valence electrons. The first-order valence-electron chi connectivity index (χ1n) is 5.20. The number of aldehydes is 1. The van der Waals surface area contributed by atoms with Crippen LogP contribution in [0, 0.1) is 0 Å². The maximum absolute atomic E-state index is 11.2. The molecule has 0 saturated carbocycles. The van der Waals surface area contributed by atoms with Crippen LogP contribution < -0.4 is 0 Å². The molecular weight excluding hydrogens is 284 g/mol. The molecule has 0 fully saturated rings. The van der Waals surface area contributed by atoms with Gasteiger partial charge in [0.2, 0.25) is 0 Å². The number of halogens is 1. The van der Waals surface area contributed by atoms with Gasteiger partial charge in [0, 0.05) is 10.0 Å². The molecule has 4 nitrogen and oxygen atoms in total. The number of hydrogen-bond acceptors (Lipinski definition) is 3. The zero-order valence-electron chi connectivity index (χ0n) is 8.89. The molecule has 0 bridgehead atoms. The van der Waals surface area contributed by atoms with E-state index < -0.39 is 0 Å². The van der Waals surface area contributed by atoms with Gasteiger partial charge in [-0.3, -0.25) is 4.79 Å². The van der Waals surface area contributed by atoms with Gasteiger partial charge in [-0.2, -0.15) is 5.10 Å². The second-order valence-electron chi connectivity index (χ2n) is 3.78. The number of fused-ring (bicyclic) bond motifs is 1. The van der Waals surface area contributed by atoms with E-state index in [1.54, 1.807) is 4.68 Å². The summed E-state index contributed by atoms with van der Waals surface area (Å²) in [7, 11) is 0.